The fraction of sp³-hybridized carbons (Fsp3) is 0.476. The second-order valence-electron chi connectivity index (χ2n) is 8.17. The van der Waals surface area contributed by atoms with Gasteiger partial charge in [-0.3, -0.25) is 9.47 Å². The van der Waals surface area contributed by atoms with Crippen molar-refractivity contribution in [1.82, 2.24) is 24.8 Å². The summed E-state index contributed by atoms with van der Waals surface area (Å²) in [5, 5.41) is 14.2. The molecule has 2 aliphatic rings. The number of aryl methyl sites for hydroxylation is 1. The van der Waals surface area contributed by atoms with E-state index in [-0.39, 0.29) is 0 Å². The summed E-state index contributed by atoms with van der Waals surface area (Å²) in [6, 6.07) is 8.21. The van der Waals surface area contributed by atoms with E-state index in [4.69, 9.17) is 16.1 Å². The van der Waals surface area contributed by atoms with Gasteiger partial charge in [-0.2, -0.15) is 0 Å². The Hall–Kier alpha value is -2.18. The third-order valence-electron chi connectivity index (χ3n) is 6.05. The Labute approximate surface area is 169 Å². The molecule has 1 aromatic carbocycles. The highest BCUT2D eigenvalue weighted by Gasteiger charge is 2.31. The second-order valence-corrected chi connectivity index (χ2v) is 8.60. The summed E-state index contributed by atoms with van der Waals surface area (Å²) in [5.41, 5.74) is 3.48. The topological polar surface area (TPSA) is 60.0 Å². The van der Waals surface area contributed by atoms with Gasteiger partial charge in [0.1, 0.15) is 11.6 Å². The standard InChI is InChI=1S/C21H24ClN5O/c1-13-9-18(25-28-13)14-3-5-15(6-4-14)21-24-23-20-12-26(2)11-16-10-17(22)7-8-19(16)27(20)21/h7-10,14-15H,3-6,11-12H2,1-2H3. The zero-order valence-electron chi connectivity index (χ0n) is 16.2. The number of hydrogen-bond acceptors (Lipinski definition) is 5. The van der Waals surface area contributed by atoms with E-state index in [1.165, 1.54) is 5.56 Å². The molecule has 0 unspecified atom stereocenters. The van der Waals surface area contributed by atoms with E-state index in [2.05, 4.69) is 50.1 Å². The van der Waals surface area contributed by atoms with Crippen LogP contribution in [-0.4, -0.2) is 31.9 Å². The third kappa shape index (κ3) is 3.14. The molecule has 0 saturated heterocycles. The van der Waals surface area contributed by atoms with Crippen molar-refractivity contribution in [2.24, 2.45) is 0 Å². The molecule has 0 N–H and O–H groups in total. The molecule has 6 nitrogen and oxygen atoms in total. The van der Waals surface area contributed by atoms with Gasteiger partial charge in [-0.25, -0.2) is 0 Å². The van der Waals surface area contributed by atoms with Gasteiger partial charge in [0, 0.05) is 29.5 Å². The zero-order valence-corrected chi connectivity index (χ0v) is 17.0. The normalized spacial score (nSPS) is 22.5. The Kier molecular flexibility index (Phi) is 4.48. The van der Waals surface area contributed by atoms with Crippen molar-refractivity contribution in [2.75, 3.05) is 7.05 Å². The van der Waals surface area contributed by atoms with Crippen molar-refractivity contribution >= 4 is 11.6 Å². The summed E-state index contributed by atoms with van der Waals surface area (Å²) in [4.78, 5) is 2.26. The third-order valence-corrected chi connectivity index (χ3v) is 6.28. The van der Waals surface area contributed by atoms with Crippen LogP contribution in [0.2, 0.25) is 5.02 Å². The SMILES string of the molecule is Cc1cc(C2CCC(c3nnc4n3-c3ccc(Cl)cc3CN(C)C4)CC2)no1. The highest BCUT2D eigenvalue weighted by molar-refractivity contribution is 6.30. The summed E-state index contributed by atoms with van der Waals surface area (Å²) in [6.07, 6.45) is 4.39. The first kappa shape index (κ1) is 17.9. The lowest BCUT2D eigenvalue weighted by Gasteiger charge is -2.27. The fourth-order valence-electron chi connectivity index (χ4n) is 4.67. The number of nitrogens with zero attached hydrogens (tertiary/aromatic N) is 5. The molecule has 7 heteroatoms. The van der Waals surface area contributed by atoms with Crippen LogP contribution in [0.15, 0.2) is 28.8 Å². The molecule has 3 heterocycles. The van der Waals surface area contributed by atoms with Crippen LogP contribution >= 0.6 is 11.6 Å². The van der Waals surface area contributed by atoms with Crippen molar-refractivity contribution in [1.29, 1.82) is 0 Å². The number of halogens is 1. The van der Waals surface area contributed by atoms with E-state index in [1.54, 1.807) is 0 Å². The first-order valence-corrected chi connectivity index (χ1v) is 10.3. The first-order valence-electron chi connectivity index (χ1n) is 9.93. The van der Waals surface area contributed by atoms with Crippen molar-refractivity contribution in [3.63, 3.8) is 0 Å². The molecular weight excluding hydrogens is 374 g/mol. The molecule has 5 rings (SSSR count). The summed E-state index contributed by atoms with van der Waals surface area (Å²) in [5.74, 6) is 3.88. The van der Waals surface area contributed by atoms with Crippen molar-refractivity contribution in [3.8, 4) is 5.69 Å². The van der Waals surface area contributed by atoms with E-state index in [1.807, 2.05) is 13.0 Å². The molecule has 2 aromatic heterocycles. The minimum Gasteiger partial charge on any atom is -0.361 e. The van der Waals surface area contributed by atoms with Gasteiger partial charge < -0.3 is 4.52 Å². The van der Waals surface area contributed by atoms with Crippen LogP contribution in [-0.2, 0) is 13.1 Å². The number of fused-ring (bicyclic) bond motifs is 3. The highest BCUT2D eigenvalue weighted by atomic mass is 35.5. The zero-order chi connectivity index (χ0) is 19.3. The molecule has 1 aliphatic carbocycles. The van der Waals surface area contributed by atoms with Crippen LogP contribution in [0, 0.1) is 6.92 Å². The molecule has 0 spiro atoms. The highest BCUT2D eigenvalue weighted by Crippen LogP contribution is 2.41. The summed E-state index contributed by atoms with van der Waals surface area (Å²) in [7, 11) is 2.11. The van der Waals surface area contributed by atoms with E-state index < -0.39 is 0 Å². The molecule has 0 radical (unpaired) electrons. The predicted molar refractivity (Wildman–Crippen MR) is 107 cm³/mol. The van der Waals surface area contributed by atoms with Crippen LogP contribution < -0.4 is 0 Å². The van der Waals surface area contributed by atoms with Gasteiger partial charge in [-0.1, -0.05) is 16.8 Å². The molecule has 1 saturated carbocycles. The largest absolute Gasteiger partial charge is 0.361 e. The molecule has 1 aliphatic heterocycles. The smallest absolute Gasteiger partial charge is 0.151 e. The van der Waals surface area contributed by atoms with Crippen molar-refractivity contribution < 1.29 is 4.52 Å². The van der Waals surface area contributed by atoms with Gasteiger partial charge in [0.25, 0.3) is 0 Å². The van der Waals surface area contributed by atoms with Gasteiger partial charge in [-0.05, 0) is 63.4 Å². The number of hydrogen-bond donors (Lipinski definition) is 0. The van der Waals surface area contributed by atoms with Crippen LogP contribution in [0.5, 0.6) is 0 Å². The molecule has 0 amide bonds. The summed E-state index contributed by atoms with van der Waals surface area (Å²) in [6.45, 7) is 3.60. The molecule has 3 aromatic rings. The number of benzene rings is 1. The number of rotatable bonds is 2. The summed E-state index contributed by atoms with van der Waals surface area (Å²) >= 11 is 6.27. The average Bonchev–Trinajstić information content (AvgIpc) is 3.25. The molecule has 1 fully saturated rings. The van der Waals surface area contributed by atoms with Gasteiger partial charge in [0.2, 0.25) is 0 Å². The Bertz CT molecular complexity index is 1000. The van der Waals surface area contributed by atoms with E-state index in [0.717, 1.165) is 72.6 Å². The molecule has 0 bridgehead atoms. The van der Waals surface area contributed by atoms with Gasteiger partial charge >= 0.3 is 0 Å². The average molecular weight is 398 g/mol. The fourth-order valence-corrected chi connectivity index (χ4v) is 4.87. The van der Waals surface area contributed by atoms with Crippen molar-refractivity contribution in [3.05, 3.63) is 58.0 Å². The minimum absolute atomic E-state index is 0.414. The Balaban J connectivity index is 1.45. The maximum atomic E-state index is 6.27. The Morgan fingerprint density at radius 1 is 1.04 bits per heavy atom. The van der Waals surface area contributed by atoms with Crippen LogP contribution in [0.3, 0.4) is 0 Å². The molecular formula is C21H24ClN5O. The maximum Gasteiger partial charge on any atom is 0.151 e. The van der Waals surface area contributed by atoms with Gasteiger partial charge in [-0.15, -0.1) is 10.2 Å². The molecule has 0 atom stereocenters. The maximum absolute atomic E-state index is 6.27. The second kappa shape index (κ2) is 7.01. The first-order chi connectivity index (χ1) is 13.6. The van der Waals surface area contributed by atoms with Crippen LogP contribution in [0.25, 0.3) is 5.69 Å². The lowest BCUT2D eigenvalue weighted by molar-refractivity contribution is 0.315. The van der Waals surface area contributed by atoms with E-state index >= 15 is 0 Å². The Morgan fingerprint density at radius 2 is 1.82 bits per heavy atom. The molecule has 28 heavy (non-hydrogen) atoms. The Morgan fingerprint density at radius 3 is 2.57 bits per heavy atom. The monoisotopic (exact) mass is 397 g/mol. The molecule has 146 valence electrons. The van der Waals surface area contributed by atoms with Gasteiger partial charge in [0.15, 0.2) is 5.82 Å². The summed E-state index contributed by atoms with van der Waals surface area (Å²) < 4.78 is 7.55. The van der Waals surface area contributed by atoms with Crippen molar-refractivity contribution in [2.45, 2.75) is 57.5 Å². The quantitative estimate of drug-likeness (QED) is 0.632. The predicted octanol–water partition coefficient (Wildman–Crippen LogP) is 4.60. The van der Waals surface area contributed by atoms with Crippen LogP contribution in [0.1, 0.15) is 66.2 Å². The minimum atomic E-state index is 0.414. The van der Waals surface area contributed by atoms with Gasteiger partial charge in [0.05, 0.1) is 17.9 Å². The van der Waals surface area contributed by atoms with Crippen LogP contribution in [0.4, 0.5) is 0 Å². The van der Waals surface area contributed by atoms with E-state index in [0.29, 0.717) is 11.8 Å². The number of aromatic nitrogens is 4. The van der Waals surface area contributed by atoms with E-state index in [9.17, 15) is 0 Å². The lowest BCUT2D eigenvalue weighted by atomic mass is 9.80. The lowest BCUT2D eigenvalue weighted by Crippen LogP contribution is -2.17.